The van der Waals surface area contributed by atoms with E-state index in [0.717, 1.165) is 32.2 Å². The Kier molecular flexibility index (Phi) is 6.52. The van der Waals surface area contributed by atoms with Crippen molar-refractivity contribution >= 4 is 57.9 Å². The van der Waals surface area contributed by atoms with Gasteiger partial charge in [-0.05, 0) is 47.7 Å². The fourth-order valence-electron chi connectivity index (χ4n) is 2.96. The molecule has 152 valence electrons. The molecule has 0 unspecified atom stereocenters. The first-order valence-electron chi connectivity index (χ1n) is 9.29. The summed E-state index contributed by atoms with van der Waals surface area (Å²) in [6.45, 7) is 2.60. The lowest BCUT2D eigenvalue weighted by Crippen LogP contribution is -2.20. The van der Waals surface area contributed by atoms with E-state index >= 15 is 0 Å². The van der Waals surface area contributed by atoms with Crippen molar-refractivity contribution in [1.82, 2.24) is 15.0 Å². The zero-order valence-electron chi connectivity index (χ0n) is 16.2. The molecule has 0 aliphatic carbocycles. The first-order chi connectivity index (χ1) is 14.6. The average Bonchev–Trinajstić information content (AvgIpc) is 3.31. The van der Waals surface area contributed by atoms with Crippen LogP contribution in [-0.2, 0) is 11.3 Å². The van der Waals surface area contributed by atoms with Gasteiger partial charge < -0.3 is 4.57 Å². The summed E-state index contributed by atoms with van der Waals surface area (Å²) < 4.78 is 2.09. The quantitative estimate of drug-likeness (QED) is 0.232. The highest BCUT2D eigenvalue weighted by atomic mass is 35.5. The lowest BCUT2D eigenvalue weighted by Gasteiger charge is -2.10. The smallest absolute Gasteiger partial charge is 0.250 e. The number of thiophene rings is 1. The standard InChI is InChI=1S/C22H19ClN4OS2/c1-15-10-11-29-20(15)12-24-26-21(28)14-30-22-25-18-8-4-5-9-19(18)27(22)13-16-6-2-3-7-17(16)23/h2-12H,13-14H2,1H3,(H,26,28)/b24-12-. The van der Waals surface area contributed by atoms with E-state index in [1.807, 2.05) is 66.9 Å². The van der Waals surface area contributed by atoms with Gasteiger partial charge in [-0.15, -0.1) is 11.3 Å². The summed E-state index contributed by atoms with van der Waals surface area (Å²) in [5.74, 6) is 0.0360. The van der Waals surface area contributed by atoms with Gasteiger partial charge in [-0.1, -0.05) is 53.7 Å². The number of aromatic nitrogens is 2. The van der Waals surface area contributed by atoms with Crippen LogP contribution in [0.5, 0.6) is 0 Å². The van der Waals surface area contributed by atoms with Gasteiger partial charge in [0.05, 0.1) is 29.5 Å². The van der Waals surface area contributed by atoms with E-state index in [1.54, 1.807) is 17.6 Å². The molecule has 0 radical (unpaired) electrons. The van der Waals surface area contributed by atoms with Crippen molar-refractivity contribution in [2.24, 2.45) is 5.10 Å². The molecule has 0 saturated carbocycles. The summed E-state index contributed by atoms with van der Waals surface area (Å²) in [6.07, 6.45) is 1.68. The third kappa shape index (κ3) is 4.75. The first-order valence-corrected chi connectivity index (χ1v) is 11.5. The predicted octanol–water partition coefficient (Wildman–Crippen LogP) is 5.35. The molecule has 2 aromatic heterocycles. The summed E-state index contributed by atoms with van der Waals surface area (Å²) in [5.41, 5.74) is 6.63. The maximum Gasteiger partial charge on any atom is 0.250 e. The molecule has 0 spiro atoms. The average molecular weight is 455 g/mol. The van der Waals surface area contributed by atoms with Crippen LogP contribution in [0.2, 0.25) is 5.02 Å². The van der Waals surface area contributed by atoms with E-state index in [2.05, 4.69) is 15.1 Å². The number of rotatable bonds is 7. The Labute approximate surface area is 187 Å². The highest BCUT2D eigenvalue weighted by molar-refractivity contribution is 7.99. The van der Waals surface area contributed by atoms with Crippen molar-refractivity contribution in [3.8, 4) is 0 Å². The summed E-state index contributed by atoms with van der Waals surface area (Å²) in [5, 5.41) is 7.54. The Morgan fingerprint density at radius 2 is 2.03 bits per heavy atom. The molecule has 0 saturated heterocycles. The van der Waals surface area contributed by atoms with E-state index < -0.39 is 0 Å². The Morgan fingerprint density at radius 3 is 2.83 bits per heavy atom. The van der Waals surface area contributed by atoms with E-state index in [4.69, 9.17) is 16.6 Å². The number of para-hydroxylation sites is 2. The number of halogens is 1. The van der Waals surface area contributed by atoms with Crippen molar-refractivity contribution in [1.29, 1.82) is 0 Å². The number of amides is 1. The molecule has 4 rings (SSSR count). The number of nitrogens with one attached hydrogen (secondary N) is 1. The third-order valence-electron chi connectivity index (χ3n) is 4.51. The van der Waals surface area contributed by atoms with E-state index in [9.17, 15) is 4.79 Å². The molecule has 30 heavy (non-hydrogen) atoms. The zero-order valence-corrected chi connectivity index (χ0v) is 18.6. The van der Waals surface area contributed by atoms with Gasteiger partial charge in [0, 0.05) is 9.90 Å². The molecule has 4 aromatic rings. The Bertz CT molecular complexity index is 1210. The van der Waals surface area contributed by atoms with Gasteiger partial charge in [0.15, 0.2) is 5.16 Å². The molecule has 0 bridgehead atoms. The SMILES string of the molecule is Cc1ccsc1/C=N\NC(=O)CSc1nc2ccccc2n1Cc1ccccc1Cl. The maximum absolute atomic E-state index is 12.3. The molecule has 0 aliphatic rings. The summed E-state index contributed by atoms with van der Waals surface area (Å²) >= 11 is 9.33. The Balaban J connectivity index is 1.48. The zero-order chi connectivity index (χ0) is 20.9. The van der Waals surface area contributed by atoms with Gasteiger partial charge in [0.1, 0.15) is 0 Å². The molecule has 8 heteroatoms. The highest BCUT2D eigenvalue weighted by Gasteiger charge is 2.14. The second kappa shape index (κ2) is 9.47. The molecule has 1 N–H and O–H groups in total. The van der Waals surface area contributed by atoms with Crippen molar-refractivity contribution in [3.05, 3.63) is 81.0 Å². The van der Waals surface area contributed by atoms with Crippen LogP contribution in [0.4, 0.5) is 0 Å². The molecule has 5 nitrogen and oxygen atoms in total. The molecule has 0 aliphatic heterocycles. The van der Waals surface area contributed by atoms with Crippen LogP contribution in [-0.4, -0.2) is 27.4 Å². The number of carbonyl (C=O) groups excluding carboxylic acids is 1. The van der Waals surface area contributed by atoms with Crippen LogP contribution in [0, 0.1) is 6.92 Å². The van der Waals surface area contributed by atoms with Gasteiger partial charge in [-0.25, -0.2) is 10.4 Å². The second-order valence-corrected chi connectivity index (χ2v) is 8.91. The van der Waals surface area contributed by atoms with Crippen molar-refractivity contribution in [2.75, 3.05) is 5.75 Å². The topological polar surface area (TPSA) is 59.3 Å². The van der Waals surface area contributed by atoms with Gasteiger partial charge in [0.25, 0.3) is 5.91 Å². The highest BCUT2D eigenvalue weighted by Crippen LogP contribution is 2.27. The number of benzene rings is 2. The van der Waals surface area contributed by atoms with E-state index in [1.165, 1.54) is 11.8 Å². The van der Waals surface area contributed by atoms with Crippen LogP contribution < -0.4 is 5.43 Å². The molecule has 2 heterocycles. The predicted molar refractivity (Wildman–Crippen MR) is 126 cm³/mol. The number of carbonyl (C=O) groups is 1. The largest absolute Gasteiger partial charge is 0.314 e. The molecule has 2 aromatic carbocycles. The second-order valence-electron chi connectivity index (χ2n) is 6.61. The molecular weight excluding hydrogens is 436 g/mol. The molecule has 1 amide bonds. The number of aryl methyl sites for hydroxylation is 1. The number of hydrogen-bond acceptors (Lipinski definition) is 5. The fraction of sp³-hybridized carbons (Fsp3) is 0.136. The number of hydrogen-bond donors (Lipinski definition) is 1. The molecule has 0 atom stereocenters. The minimum Gasteiger partial charge on any atom is -0.314 e. The van der Waals surface area contributed by atoms with E-state index in [0.29, 0.717) is 11.6 Å². The van der Waals surface area contributed by atoms with Crippen LogP contribution in [0.15, 0.2) is 70.2 Å². The summed E-state index contributed by atoms with van der Waals surface area (Å²) in [4.78, 5) is 18.0. The Hall–Kier alpha value is -2.61. The summed E-state index contributed by atoms with van der Waals surface area (Å²) in [7, 11) is 0. The number of imidazole rings is 1. The monoisotopic (exact) mass is 454 g/mol. The lowest BCUT2D eigenvalue weighted by molar-refractivity contribution is -0.118. The normalized spacial score (nSPS) is 11.4. The van der Waals surface area contributed by atoms with Gasteiger partial charge >= 0.3 is 0 Å². The third-order valence-corrected chi connectivity index (χ3v) is 6.81. The maximum atomic E-state index is 12.3. The fourth-order valence-corrected chi connectivity index (χ4v) is 4.74. The van der Waals surface area contributed by atoms with Gasteiger partial charge in [-0.2, -0.15) is 5.10 Å². The number of thioether (sulfide) groups is 1. The summed E-state index contributed by atoms with van der Waals surface area (Å²) in [6, 6.07) is 17.7. The minimum atomic E-state index is -0.179. The van der Waals surface area contributed by atoms with Crippen molar-refractivity contribution < 1.29 is 4.79 Å². The Morgan fingerprint density at radius 1 is 1.23 bits per heavy atom. The van der Waals surface area contributed by atoms with Crippen LogP contribution in [0.25, 0.3) is 11.0 Å². The molecular formula is C22H19ClN4OS2. The first kappa shape index (κ1) is 20.7. The molecule has 0 fully saturated rings. The van der Waals surface area contributed by atoms with Crippen molar-refractivity contribution in [2.45, 2.75) is 18.6 Å². The lowest BCUT2D eigenvalue weighted by atomic mass is 10.2. The van der Waals surface area contributed by atoms with Crippen LogP contribution in [0.3, 0.4) is 0 Å². The van der Waals surface area contributed by atoms with Crippen molar-refractivity contribution in [3.63, 3.8) is 0 Å². The van der Waals surface area contributed by atoms with Crippen LogP contribution in [0.1, 0.15) is 16.0 Å². The minimum absolute atomic E-state index is 0.179. The number of fused-ring (bicyclic) bond motifs is 1. The number of nitrogens with zero attached hydrogens (tertiary/aromatic N) is 3. The van der Waals surface area contributed by atoms with E-state index in [-0.39, 0.29) is 11.7 Å². The van der Waals surface area contributed by atoms with Crippen LogP contribution >= 0.6 is 34.7 Å². The van der Waals surface area contributed by atoms with Gasteiger partial charge in [0.2, 0.25) is 0 Å². The number of hydrazone groups is 1. The van der Waals surface area contributed by atoms with Gasteiger partial charge in [-0.3, -0.25) is 4.79 Å².